The van der Waals surface area contributed by atoms with E-state index in [4.69, 9.17) is 18.0 Å². The average Bonchev–Trinajstić information content (AvgIpc) is 2.40. The summed E-state index contributed by atoms with van der Waals surface area (Å²) in [5.74, 6) is 2.90. The van der Waals surface area contributed by atoms with E-state index in [1.165, 1.54) is 5.56 Å². The van der Waals surface area contributed by atoms with E-state index in [1.54, 1.807) is 6.08 Å². The number of halogens is 1. The van der Waals surface area contributed by atoms with Gasteiger partial charge in [-0.2, -0.15) is 0 Å². The maximum Gasteiger partial charge on any atom is 0.181 e. The van der Waals surface area contributed by atoms with Gasteiger partial charge < -0.3 is 0 Å². The van der Waals surface area contributed by atoms with E-state index >= 15 is 0 Å². The summed E-state index contributed by atoms with van der Waals surface area (Å²) in [7, 11) is 0. The highest BCUT2D eigenvalue weighted by Gasteiger charge is 2.39. The Morgan fingerprint density at radius 3 is 2.95 bits per heavy atom. The highest BCUT2D eigenvalue weighted by molar-refractivity contribution is 6.33. The van der Waals surface area contributed by atoms with E-state index in [1.807, 2.05) is 25.1 Å². The number of fused-ring (bicyclic) bond motifs is 3. The minimum absolute atomic E-state index is 0.0219. The highest BCUT2D eigenvalue weighted by atomic mass is 35.5. The van der Waals surface area contributed by atoms with Crippen molar-refractivity contribution in [3.63, 3.8) is 0 Å². The molecule has 19 heavy (non-hydrogen) atoms. The molecular weight excluding hydrogens is 256 g/mol. The molecule has 1 aromatic carbocycles. The predicted octanol–water partition coefficient (Wildman–Crippen LogP) is 3.82. The minimum Gasteiger partial charge on any atom is -0.290 e. The van der Waals surface area contributed by atoms with Crippen LogP contribution in [0.1, 0.15) is 24.5 Å². The largest absolute Gasteiger partial charge is 0.290 e. The van der Waals surface area contributed by atoms with E-state index in [2.05, 4.69) is 12.0 Å². The zero-order valence-electron chi connectivity index (χ0n) is 10.7. The van der Waals surface area contributed by atoms with Crippen molar-refractivity contribution in [3.05, 3.63) is 52.1 Å². The van der Waals surface area contributed by atoms with Crippen molar-refractivity contribution in [1.82, 2.24) is 0 Å². The second kappa shape index (κ2) is 4.11. The smallest absolute Gasteiger partial charge is 0.181 e. The Morgan fingerprint density at radius 1 is 1.42 bits per heavy atom. The molecule has 0 saturated carbocycles. The molecule has 0 amide bonds. The highest BCUT2D eigenvalue weighted by Crippen LogP contribution is 2.50. The lowest BCUT2D eigenvalue weighted by molar-refractivity contribution is -0.111. The van der Waals surface area contributed by atoms with E-state index in [-0.39, 0.29) is 5.78 Å². The first-order chi connectivity index (χ1) is 9.07. The van der Waals surface area contributed by atoms with Crippen molar-refractivity contribution in [2.45, 2.75) is 19.8 Å². The van der Waals surface area contributed by atoms with Crippen LogP contribution < -0.4 is 0 Å². The fourth-order valence-electron chi connectivity index (χ4n) is 3.00. The summed E-state index contributed by atoms with van der Waals surface area (Å²) in [5, 5.41) is 0.670. The molecule has 0 saturated heterocycles. The van der Waals surface area contributed by atoms with Crippen molar-refractivity contribution in [2.24, 2.45) is 5.41 Å². The summed E-state index contributed by atoms with van der Waals surface area (Å²) in [4.78, 5) is 12.0. The van der Waals surface area contributed by atoms with Gasteiger partial charge in [-0.05, 0) is 48.6 Å². The summed E-state index contributed by atoms with van der Waals surface area (Å²) in [6.45, 7) is 1.82. The lowest BCUT2D eigenvalue weighted by atomic mass is 9.65. The molecule has 1 aromatic rings. The molecule has 0 spiro atoms. The number of aryl methyl sites for hydroxylation is 1. The SMILES string of the molecule is C#CC12C=C(C)C(=O)C=C1c1c(Cl)cccc1CC2. The van der Waals surface area contributed by atoms with Gasteiger partial charge in [-0.3, -0.25) is 4.79 Å². The Labute approximate surface area is 118 Å². The third-order valence-corrected chi connectivity index (χ3v) is 4.34. The number of hydrogen-bond donors (Lipinski definition) is 0. The summed E-state index contributed by atoms with van der Waals surface area (Å²) >= 11 is 6.32. The summed E-state index contributed by atoms with van der Waals surface area (Å²) in [6.07, 6.45) is 11.1. The Balaban J connectivity index is 2.30. The summed E-state index contributed by atoms with van der Waals surface area (Å²) in [6, 6.07) is 5.85. The first-order valence-electron chi connectivity index (χ1n) is 6.29. The van der Waals surface area contributed by atoms with Gasteiger partial charge in [0.25, 0.3) is 0 Å². The molecule has 0 heterocycles. The zero-order valence-corrected chi connectivity index (χ0v) is 11.4. The van der Waals surface area contributed by atoms with E-state index in [0.717, 1.165) is 29.6 Å². The Kier molecular flexibility index (Phi) is 2.66. The molecule has 2 aliphatic carbocycles. The molecule has 0 aliphatic heterocycles. The van der Waals surface area contributed by atoms with E-state index < -0.39 is 5.41 Å². The molecule has 0 N–H and O–H groups in total. The van der Waals surface area contributed by atoms with Crippen LogP contribution in [-0.2, 0) is 11.2 Å². The van der Waals surface area contributed by atoms with Gasteiger partial charge in [0, 0.05) is 10.6 Å². The fraction of sp³-hybridized carbons (Fsp3) is 0.235. The number of carbonyl (C=O) groups is 1. The van der Waals surface area contributed by atoms with Gasteiger partial charge in [-0.15, -0.1) is 6.42 Å². The van der Waals surface area contributed by atoms with Crippen molar-refractivity contribution in [3.8, 4) is 12.3 Å². The molecule has 3 rings (SSSR count). The number of rotatable bonds is 0. The summed E-state index contributed by atoms with van der Waals surface area (Å²) in [5.41, 5.74) is 3.25. The number of carbonyl (C=O) groups excluding carboxylic acids is 1. The lowest BCUT2D eigenvalue weighted by Crippen LogP contribution is -2.28. The maximum absolute atomic E-state index is 12.0. The normalized spacial score (nSPS) is 24.8. The number of hydrogen-bond acceptors (Lipinski definition) is 1. The molecule has 0 fully saturated rings. The van der Waals surface area contributed by atoms with Crippen LogP contribution in [0.15, 0.2) is 35.9 Å². The molecule has 0 aromatic heterocycles. The van der Waals surface area contributed by atoms with Crippen molar-refractivity contribution >= 4 is 23.0 Å². The number of benzene rings is 1. The molecule has 1 atom stereocenters. The third-order valence-electron chi connectivity index (χ3n) is 4.02. The van der Waals surface area contributed by atoms with Crippen LogP contribution >= 0.6 is 11.6 Å². The third kappa shape index (κ3) is 1.68. The maximum atomic E-state index is 12.0. The number of ketones is 1. The minimum atomic E-state index is -0.476. The van der Waals surface area contributed by atoms with Gasteiger partial charge >= 0.3 is 0 Å². The van der Waals surface area contributed by atoms with Crippen LogP contribution in [0.5, 0.6) is 0 Å². The molecule has 1 unspecified atom stereocenters. The zero-order chi connectivity index (χ0) is 13.6. The lowest BCUT2D eigenvalue weighted by Gasteiger charge is -2.37. The van der Waals surface area contributed by atoms with Crippen molar-refractivity contribution in [2.75, 3.05) is 0 Å². The molecule has 2 aliphatic rings. The quantitative estimate of drug-likeness (QED) is 0.654. The Hall–Kier alpha value is -1.78. The molecule has 0 bridgehead atoms. The van der Waals surface area contributed by atoms with Crippen LogP contribution in [0.25, 0.3) is 5.57 Å². The molecule has 2 heteroatoms. The predicted molar refractivity (Wildman–Crippen MR) is 77.8 cm³/mol. The Bertz CT molecular complexity index is 688. The van der Waals surface area contributed by atoms with Crippen molar-refractivity contribution < 1.29 is 4.79 Å². The van der Waals surface area contributed by atoms with E-state index in [0.29, 0.717) is 5.02 Å². The van der Waals surface area contributed by atoms with Gasteiger partial charge in [-0.25, -0.2) is 0 Å². The molecular formula is C17H13ClO. The second-order valence-corrected chi connectivity index (χ2v) is 5.55. The van der Waals surface area contributed by atoms with Crippen molar-refractivity contribution in [1.29, 1.82) is 0 Å². The Morgan fingerprint density at radius 2 is 2.21 bits per heavy atom. The average molecular weight is 269 g/mol. The van der Waals surface area contributed by atoms with Crippen LogP contribution in [0, 0.1) is 17.8 Å². The topological polar surface area (TPSA) is 17.1 Å². The van der Waals surface area contributed by atoms with Gasteiger partial charge in [-0.1, -0.05) is 35.7 Å². The molecule has 0 radical (unpaired) electrons. The van der Waals surface area contributed by atoms with Crippen LogP contribution in [-0.4, -0.2) is 5.78 Å². The van der Waals surface area contributed by atoms with Crippen LogP contribution in [0.4, 0.5) is 0 Å². The fourth-order valence-corrected chi connectivity index (χ4v) is 3.29. The number of allylic oxidation sites excluding steroid dienone is 4. The molecule has 94 valence electrons. The van der Waals surface area contributed by atoms with Gasteiger partial charge in [0.1, 0.15) is 0 Å². The van der Waals surface area contributed by atoms with Gasteiger partial charge in [0.15, 0.2) is 5.78 Å². The van der Waals surface area contributed by atoms with Crippen LogP contribution in [0.2, 0.25) is 5.02 Å². The standard InChI is InChI=1S/C17H13ClO/c1-3-17-8-7-12-5-4-6-14(18)16(12)13(17)9-15(19)11(2)10-17/h1,4-6,9-10H,7-8H2,2H3. The van der Waals surface area contributed by atoms with Gasteiger partial charge in [0.2, 0.25) is 0 Å². The first-order valence-corrected chi connectivity index (χ1v) is 6.67. The monoisotopic (exact) mass is 268 g/mol. The second-order valence-electron chi connectivity index (χ2n) is 5.14. The van der Waals surface area contributed by atoms with Gasteiger partial charge in [0.05, 0.1) is 5.41 Å². The van der Waals surface area contributed by atoms with Crippen LogP contribution in [0.3, 0.4) is 0 Å². The van der Waals surface area contributed by atoms with E-state index in [9.17, 15) is 4.79 Å². The summed E-state index contributed by atoms with van der Waals surface area (Å²) < 4.78 is 0. The first kappa shape index (κ1) is 12.3. The molecule has 1 nitrogen and oxygen atoms in total. The number of terminal acetylenes is 1.